The van der Waals surface area contributed by atoms with Crippen molar-refractivity contribution in [1.29, 1.82) is 0 Å². The fraction of sp³-hybridized carbons (Fsp3) is 0.450. The highest BCUT2D eigenvalue weighted by molar-refractivity contribution is 5.82. The summed E-state index contributed by atoms with van der Waals surface area (Å²) in [5, 5.41) is 12.2. The molecule has 1 N–H and O–H groups in total. The number of nitrogens with zero attached hydrogens (tertiary/aromatic N) is 1. The number of hydrogen-bond donors (Lipinski definition) is 1. The predicted octanol–water partition coefficient (Wildman–Crippen LogP) is 4.51. The summed E-state index contributed by atoms with van der Waals surface area (Å²) >= 11 is 0. The van der Waals surface area contributed by atoms with Gasteiger partial charge in [0.05, 0.1) is 11.6 Å². The number of benzene rings is 1. The Morgan fingerprint density at radius 2 is 1.95 bits per heavy atom. The van der Waals surface area contributed by atoms with Gasteiger partial charge in [-0.2, -0.15) is 0 Å². The Morgan fingerprint density at radius 3 is 2.73 bits per heavy atom. The van der Waals surface area contributed by atoms with Gasteiger partial charge in [0.25, 0.3) is 0 Å². The lowest BCUT2D eigenvalue weighted by molar-refractivity contribution is -0.0217. The van der Waals surface area contributed by atoms with Crippen LogP contribution in [0.15, 0.2) is 49.2 Å². The molecule has 2 aromatic rings. The Morgan fingerprint density at radius 1 is 1.14 bits per heavy atom. The van der Waals surface area contributed by atoms with Crippen molar-refractivity contribution < 1.29 is 5.11 Å². The van der Waals surface area contributed by atoms with Crippen molar-refractivity contribution in [3.63, 3.8) is 0 Å². The zero-order chi connectivity index (χ0) is 15.1. The molecule has 2 bridgehead atoms. The van der Waals surface area contributed by atoms with E-state index in [1.165, 1.54) is 19.3 Å². The normalized spacial score (nSPS) is 32.0. The molecule has 1 unspecified atom stereocenters. The fourth-order valence-corrected chi connectivity index (χ4v) is 4.81. The van der Waals surface area contributed by atoms with Crippen LogP contribution in [-0.4, -0.2) is 10.1 Å². The lowest BCUT2D eigenvalue weighted by Crippen LogP contribution is -2.39. The van der Waals surface area contributed by atoms with Crippen molar-refractivity contribution in [1.82, 2.24) is 4.98 Å². The topological polar surface area (TPSA) is 33.1 Å². The fourth-order valence-electron chi connectivity index (χ4n) is 4.81. The molecule has 3 aliphatic rings. The van der Waals surface area contributed by atoms with Crippen molar-refractivity contribution in [2.24, 2.45) is 23.7 Å². The second-order valence-electron chi connectivity index (χ2n) is 6.99. The molecule has 114 valence electrons. The molecule has 1 aromatic heterocycles. The van der Waals surface area contributed by atoms with Crippen LogP contribution in [0.25, 0.3) is 10.9 Å². The Labute approximate surface area is 131 Å². The van der Waals surface area contributed by atoms with E-state index in [0.29, 0.717) is 17.8 Å². The highest BCUT2D eigenvalue weighted by atomic mass is 16.3. The summed E-state index contributed by atoms with van der Waals surface area (Å²) in [5.74, 6) is 2.40. The summed E-state index contributed by atoms with van der Waals surface area (Å²) < 4.78 is 0. The summed E-state index contributed by atoms with van der Waals surface area (Å²) in [6, 6.07) is 10.1. The van der Waals surface area contributed by atoms with Gasteiger partial charge in [0.15, 0.2) is 0 Å². The molecule has 3 fully saturated rings. The zero-order valence-electron chi connectivity index (χ0n) is 12.9. The van der Waals surface area contributed by atoms with Crippen molar-refractivity contribution >= 4 is 10.9 Å². The Balaban J connectivity index is 1.67. The summed E-state index contributed by atoms with van der Waals surface area (Å²) in [5.41, 5.74) is 2.03. The van der Waals surface area contributed by atoms with E-state index < -0.39 is 0 Å². The molecule has 0 saturated heterocycles. The minimum absolute atomic E-state index is 0.369. The van der Waals surface area contributed by atoms with Crippen LogP contribution in [0.2, 0.25) is 0 Å². The molecule has 1 aromatic carbocycles. The number of pyridine rings is 1. The van der Waals surface area contributed by atoms with Gasteiger partial charge in [-0.1, -0.05) is 24.3 Å². The molecule has 22 heavy (non-hydrogen) atoms. The summed E-state index contributed by atoms with van der Waals surface area (Å²) in [6.07, 6.45) is 8.52. The number of hydrogen-bond acceptors (Lipinski definition) is 2. The maximum atomic E-state index is 11.1. The third-order valence-corrected chi connectivity index (χ3v) is 5.98. The molecule has 0 amide bonds. The lowest BCUT2D eigenvalue weighted by Gasteiger charge is -2.48. The average molecular weight is 293 g/mol. The van der Waals surface area contributed by atoms with E-state index >= 15 is 0 Å². The van der Waals surface area contributed by atoms with Crippen LogP contribution >= 0.6 is 0 Å². The molecule has 0 radical (unpaired) electrons. The smallest absolute Gasteiger partial charge is 0.0828 e. The number of allylic oxidation sites excluding steroid dienone is 1. The molecule has 2 heteroatoms. The van der Waals surface area contributed by atoms with Crippen LogP contribution < -0.4 is 0 Å². The number of fused-ring (bicyclic) bond motifs is 4. The van der Waals surface area contributed by atoms with Gasteiger partial charge in [0.1, 0.15) is 0 Å². The molecule has 0 spiro atoms. The summed E-state index contributed by atoms with van der Waals surface area (Å²) in [6.45, 7) is 4.00. The van der Waals surface area contributed by atoms with Gasteiger partial charge in [-0.15, -0.1) is 6.58 Å². The van der Waals surface area contributed by atoms with Gasteiger partial charge in [-0.3, -0.25) is 4.98 Å². The highest BCUT2D eigenvalue weighted by Gasteiger charge is 2.43. The quantitative estimate of drug-likeness (QED) is 0.845. The highest BCUT2D eigenvalue weighted by Crippen LogP contribution is 2.52. The maximum Gasteiger partial charge on any atom is 0.0828 e. The lowest BCUT2D eigenvalue weighted by atomic mass is 9.58. The standard InChI is InChI=1S/C20H23NO/c1-2-13-11-15-8-7-14(13)12-18(15)20(22)17-9-10-21-19-6-4-3-5-16(17)19/h2-6,9-10,13-15,18,20,22H,1,7-8,11-12H2/t13-,14-,15?,18-,20-/m0/s1. The third-order valence-electron chi connectivity index (χ3n) is 5.98. The van der Waals surface area contributed by atoms with Gasteiger partial charge >= 0.3 is 0 Å². The molecule has 5 rings (SSSR count). The van der Waals surface area contributed by atoms with Gasteiger partial charge < -0.3 is 5.11 Å². The number of aromatic nitrogens is 1. The predicted molar refractivity (Wildman–Crippen MR) is 89.3 cm³/mol. The molecule has 5 atom stereocenters. The van der Waals surface area contributed by atoms with E-state index in [9.17, 15) is 5.11 Å². The van der Waals surface area contributed by atoms with Crippen molar-refractivity contribution in [2.75, 3.05) is 0 Å². The van der Waals surface area contributed by atoms with E-state index in [4.69, 9.17) is 0 Å². The monoisotopic (exact) mass is 293 g/mol. The van der Waals surface area contributed by atoms with Crippen LogP contribution in [0.4, 0.5) is 0 Å². The number of rotatable bonds is 3. The van der Waals surface area contributed by atoms with Crippen molar-refractivity contribution in [2.45, 2.75) is 31.8 Å². The first-order chi connectivity index (χ1) is 10.8. The molecule has 2 nitrogen and oxygen atoms in total. The SMILES string of the molecule is C=C[C@H]1CC2CC[C@H]1C[C@@H]2[C@@H](O)c1ccnc2ccccc12. The molecular weight excluding hydrogens is 270 g/mol. The average Bonchev–Trinajstić information content (AvgIpc) is 2.60. The van der Waals surface area contributed by atoms with E-state index in [1.807, 2.05) is 30.5 Å². The van der Waals surface area contributed by atoms with Crippen LogP contribution in [0.5, 0.6) is 0 Å². The van der Waals surface area contributed by atoms with Crippen LogP contribution in [-0.2, 0) is 0 Å². The number of aliphatic hydroxyl groups excluding tert-OH is 1. The van der Waals surface area contributed by atoms with Gasteiger partial charge in [-0.05, 0) is 67.1 Å². The molecular formula is C20H23NO. The van der Waals surface area contributed by atoms with E-state index in [0.717, 1.165) is 28.8 Å². The van der Waals surface area contributed by atoms with Crippen LogP contribution in [0.3, 0.4) is 0 Å². The third kappa shape index (κ3) is 2.17. The first kappa shape index (κ1) is 14.0. The maximum absolute atomic E-state index is 11.1. The van der Waals surface area contributed by atoms with E-state index in [1.54, 1.807) is 0 Å². The minimum atomic E-state index is -0.369. The van der Waals surface area contributed by atoms with Gasteiger partial charge in [0, 0.05) is 11.6 Å². The number of para-hydroxylation sites is 1. The van der Waals surface area contributed by atoms with Gasteiger partial charge in [0.2, 0.25) is 0 Å². The largest absolute Gasteiger partial charge is 0.388 e. The van der Waals surface area contributed by atoms with E-state index in [-0.39, 0.29) is 6.10 Å². The zero-order valence-corrected chi connectivity index (χ0v) is 12.9. The second kappa shape index (κ2) is 5.51. The first-order valence-corrected chi connectivity index (χ1v) is 8.42. The molecule has 3 aliphatic carbocycles. The van der Waals surface area contributed by atoms with Crippen LogP contribution in [0, 0.1) is 23.7 Å². The Kier molecular flexibility index (Phi) is 3.50. The summed E-state index contributed by atoms with van der Waals surface area (Å²) in [4.78, 5) is 4.42. The summed E-state index contributed by atoms with van der Waals surface area (Å²) in [7, 11) is 0. The molecule has 3 saturated carbocycles. The van der Waals surface area contributed by atoms with E-state index in [2.05, 4.69) is 23.7 Å². The molecule has 1 heterocycles. The van der Waals surface area contributed by atoms with Crippen molar-refractivity contribution in [3.8, 4) is 0 Å². The van der Waals surface area contributed by atoms with Crippen molar-refractivity contribution in [3.05, 3.63) is 54.7 Å². The second-order valence-corrected chi connectivity index (χ2v) is 6.99. The Bertz CT molecular complexity index is 690. The number of aliphatic hydroxyl groups is 1. The molecule has 0 aliphatic heterocycles. The Hall–Kier alpha value is -1.67. The van der Waals surface area contributed by atoms with Crippen LogP contribution in [0.1, 0.15) is 37.4 Å². The van der Waals surface area contributed by atoms with Gasteiger partial charge in [-0.25, -0.2) is 0 Å². The first-order valence-electron chi connectivity index (χ1n) is 8.42. The minimum Gasteiger partial charge on any atom is -0.388 e.